The second-order valence-electron chi connectivity index (χ2n) is 7.11. The molecule has 1 saturated heterocycles. The topological polar surface area (TPSA) is 68.2 Å². The van der Waals surface area contributed by atoms with Crippen LogP contribution in [0, 0.1) is 5.92 Å². The Labute approximate surface area is 181 Å². The smallest absolute Gasteiger partial charge is 0.255 e. The largest absolute Gasteiger partial charge is 0.381 e. The fourth-order valence-electron chi connectivity index (χ4n) is 3.57. The van der Waals surface area contributed by atoms with Crippen LogP contribution in [0.25, 0.3) is 10.9 Å². The molecule has 0 saturated carbocycles. The van der Waals surface area contributed by atoms with Gasteiger partial charge in [0.1, 0.15) is 5.82 Å². The Bertz CT molecular complexity index is 1000. The number of carbonyl (C=O) groups is 1. The standard InChI is InChI=1S/C21H23ClN4O2.ClH/c1-26-8-5-17-19(26)18(21(27)24-12-14-6-9-28-10-7-14)13-23-20(17)25-16-4-2-3-15(22)11-16;/h2-5,8,11,13-14H,6-7,9-10,12H2,1H3,(H,23,25)(H,24,27);1H. The van der Waals surface area contributed by atoms with E-state index in [1.807, 2.05) is 48.1 Å². The number of amides is 1. The first-order valence-electron chi connectivity index (χ1n) is 9.44. The second-order valence-corrected chi connectivity index (χ2v) is 7.55. The Balaban J connectivity index is 0.00000240. The first-order chi connectivity index (χ1) is 13.6. The van der Waals surface area contributed by atoms with Crippen molar-refractivity contribution < 1.29 is 9.53 Å². The highest BCUT2D eigenvalue weighted by atomic mass is 35.5. The monoisotopic (exact) mass is 434 g/mol. The summed E-state index contributed by atoms with van der Waals surface area (Å²) < 4.78 is 7.33. The highest BCUT2D eigenvalue weighted by molar-refractivity contribution is 6.30. The number of pyridine rings is 1. The van der Waals surface area contributed by atoms with Gasteiger partial charge in [0.2, 0.25) is 0 Å². The van der Waals surface area contributed by atoms with E-state index < -0.39 is 0 Å². The van der Waals surface area contributed by atoms with Crippen molar-refractivity contribution in [1.82, 2.24) is 14.9 Å². The fraction of sp³-hybridized carbons (Fsp3) is 0.333. The van der Waals surface area contributed by atoms with Gasteiger partial charge in [-0.25, -0.2) is 4.98 Å². The van der Waals surface area contributed by atoms with Gasteiger partial charge in [-0.1, -0.05) is 17.7 Å². The number of halogens is 2. The minimum absolute atomic E-state index is 0. The molecule has 2 aromatic heterocycles. The number of nitrogens with one attached hydrogen (secondary N) is 2. The second kappa shape index (κ2) is 9.48. The molecule has 1 amide bonds. The van der Waals surface area contributed by atoms with E-state index in [0.29, 0.717) is 28.9 Å². The predicted octanol–water partition coefficient (Wildman–Crippen LogP) is 4.55. The average Bonchev–Trinajstić information content (AvgIpc) is 3.10. The molecule has 154 valence electrons. The Morgan fingerprint density at radius 2 is 2.10 bits per heavy atom. The van der Waals surface area contributed by atoms with Crippen molar-refractivity contribution in [3.63, 3.8) is 0 Å². The summed E-state index contributed by atoms with van der Waals surface area (Å²) in [5.41, 5.74) is 2.28. The summed E-state index contributed by atoms with van der Waals surface area (Å²) >= 11 is 6.07. The molecule has 3 heterocycles. The van der Waals surface area contributed by atoms with Crippen LogP contribution >= 0.6 is 24.0 Å². The zero-order chi connectivity index (χ0) is 19.5. The molecule has 1 fully saturated rings. The molecule has 2 N–H and O–H groups in total. The zero-order valence-corrected chi connectivity index (χ0v) is 17.7. The maximum atomic E-state index is 12.8. The van der Waals surface area contributed by atoms with Gasteiger partial charge in [-0.15, -0.1) is 12.4 Å². The number of aromatic nitrogens is 2. The van der Waals surface area contributed by atoms with E-state index in [-0.39, 0.29) is 18.3 Å². The molecular formula is C21H24Cl2N4O2. The van der Waals surface area contributed by atoms with Crippen LogP contribution in [0.4, 0.5) is 11.5 Å². The summed E-state index contributed by atoms with van der Waals surface area (Å²) in [6.07, 6.45) is 5.54. The summed E-state index contributed by atoms with van der Waals surface area (Å²) in [6, 6.07) is 9.43. The third-order valence-electron chi connectivity index (χ3n) is 5.13. The first-order valence-corrected chi connectivity index (χ1v) is 9.82. The molecule has 4 rings (SSSR count). The number of benzene rings is 1. The third-order valence-corrected chi connectivity index (χ3v) is 5.36. The third kappa shape index (κ3) is 4.83. The van der Waals surface area contributed by atoms with Crippen molar-refractivity contribution in [1.29, 1.82) is 0 Å². The van der Waals surface area contributed by atoms with Gasteiger partial charge in [-0.3, -0.25) is 4.79 Å². The van der Waals surface area contributed by atoms with Crippen molar-refractivity contribution in [2.75, 3.05) is 25.1 Å². The number of nitrogens with zero attached hydrogens (tertiary/aromatic N) is 2. The van der Waals surface area contributed by atoms with Crippen molar-refractivity contribution in [2.45, 2.75) is 12.8 Å². The molecule has 3 aromatic rings. The van der Waals surface area contributed by atoms with Crippen LogP contribution in [0.2, 0.25) is 5.02 Å². The Morgan fingerprint density at radius 3 is 2.86 bits per heavy atom. The molecule has 0 bridgehead atoms. The Hall–Kier alpha value is -2.28. The summed E-state index contributed by atoms with van der Waals surface area (Å²) in [5, 5.41) is 7.91. The van der Waals surface area contributed by atoms with Gasteiger partial charge in [0, 0.05) is 55.3 Å². The van der Waals surface area contributed by atoms with Crippen molar-refractivity contribution in [3.05, 3.63) is 53.3 Å². The van der Waals surface area contributed by atoms with E-state index in [2.05, 4.69) is 15.6 Å². The molecule has 6 nitrogen and oxygen atoms in total. The summed E-state index contributed by atoms with van der Waals surface area (Å²) in [7, 11) is 1.93. The van der Waals surface area contributed by atoms with E-state index in [9.17, 15) is 4.79 Å². The summed E-state index contributed by atoms with van der Waals surface area (Å²) in [5.74, 6) is 1.07. The van der Waals surface area contributed by atoms with Crippen LogP contribution in [0.1, 0.15) is 23.2 Å². The van der Waals surface area contributed by atoms with Gasteiger partial charge in [-0.05, 0) is 43.0 Å². The van der Waals surface area contributed by atoms with Gasteiger partial charge in [0.25, 0.3) is 5.91 Å². The molecule has 8 heteroatoms. The van der Waals surface area contributed by atoms with Crippen LogP contribution in [-0.2, 0) is 11.8 Å². The Kier molecular flexibility index (Phi) is 7.00. The van der Waals surface area contributed by atoms with Crippen LogP contribution < -0.4 is 10.6 Å². The van der Waals surface area contributed by atoms with E-state index >= 15 is 0 Å². The summed E-state index contributed by atoms with van der Waals surface area (Å²) in [6.45, 7) is 2.21. The molecule has 0 atom stereocenters. The lowest BCUT2D eigenvalue weighted by Crippen LogP contribution is -2.32. The highest BCUT2D eigenvalue weighted by Crippen LogP contribution is 2.28. The van der Waals surface area contributed by atoms with Crippen LogP contribution in [0.5, 0.6) is 0 Å². The molecule has 0 unspecified atom stereocenters. The zero-order valence-electron chi connectivity index (χ0n) is 16.2. The van der Waals surface area contributed by atoms with Gasteiger partial charge < -0.3 is 19.9 Å². The molecule has 0 aliphatic carbocycles. The van der Waals surface area contributed by atoms with Crippen molar-refractivity contribution >= 4 is 52.3 Å². The molecule has 1 aliphatic heterocycles. The maximum absolute atomic E-state index is 12.8. The van der Waals surface area contributed by atoms with E-state index in [4.69, 9.17) is 16.3 Å². The number of fused-ring (bicyclic) bond motifs is 1. The number of rotatable bonds is 5. The van der Waals surface area contributed by atoms with Gasteiger partial charge >= 0.3 is 0 Å². The quantitative estimate of drug-likeness (QED) is 0.617. The lowest BCUT2D eigenvalue weighted by molar-refractivity contribution is 0.0643. The molecule has 0 spiro atoms. The lowest BCUT2D eigenvalue weighted by Gasteiger charge is -2.22. The molecule has 29 heavy (non-hydrogen) atoms. The van der Waals surface area contributed by atoms with Crippen molar-refractivity contribution in [2.24, 2.45) is 13.0 Å². The lowest BCUT2D eigenvalue weighted by atomic mass is 10.0. The molecule has 1 aromatic carbocycles. The number of carbonyl (C=O) groups excluding carboxylic acids is 1. The number of anilines is 2. The van der Waals surface area contributed by atoms with E-state index in [0.717, 1.165) is 42.6 Å². The minimum atomic E-state index is -0.0971. The predicted molar refractivity (Wildman–Crippen MR) is 119 cm³/mol. The molecular weight excluding hydrogens is 411 g/mol. The normalized spacial score (nSPS) is 14.4. The minimum Gasteiger partial charge on any atom is -0.381 e. The van der Waals surface area contributed by atoms with Gasteiger partial charge in [0.15, 0.2) is 0 Å². The van der Waals surface area contributed by atoms with Crippen LogP contribution in [-0.4, -0.2) is 35.2 Å². The number of aryl methyl sites for hydroxylation is 1. The number of hydrogen-bond acceptors (Lipinski definition) is 4. The van der Waals surface area contributed by atoms with Gasteiger partial charge in [-0.2, -0.15) is 0 Å². The number of hydrogen-bond donors (Lipinski definition) is 2. The van der Waals surface area contributed by atoms with E-state index in [1.165, 1.54) is 0 Å². The molecule has 1 aliphatic rings. The molecule has 0 radical (unpaired) electrons. The fourth-order valence-corrected chi connectivity index (χ4v) is 3.76. The first kappa shape index (κ1) is 21.4. The summed E-state index contributed by atoms with van der Waals surface area (Å²) in [4.78, 5) is 17.3. The Morgan fingerprint density at radius 1 is 1.31 bits per heavy atom. The van der Waals surface area contributed by atoms with E-state index in [1.54, 1.807) is 6.20 Å². The van der Waals surface area contributed by atoms with Crippen LogP contribution in [0.3, 0.4) is 0 Å². The maximum Gasteiger partial charge on any atom is 0.255 e. The average molecular weight is 435 g/mol. The highest BCUT2D eigenvalue weighted by Gasteiger charge is 2.19. The number of ether oxygens (including phenoxy) is 1. The van der Waals surface area contributed by atoms with Gasteiger partial charge in [0.05, 0.1) is 11.1 Å². The van der Waals surface area contributed by atoms with Crippen LogP contribution in [0.15, 0.2) is 42.7 Å². The SMILES string of the molecule is Cl.Cn1ccc2c(Nc3cccc(Cl)c3)ncc(C(=O)NCC3CCOCC3)c21. The van der Waals surface area contributed by atoms with Crippen molar-refractivity contribution in [3.8, 4) is 0 Å².